The smallest absolute Gasteiger partial charge is 0.242 e. The van der Waals surface area contributed by atoms with Gasteiger partial charge in [-0.15, -0.1) is 0 Å². The second-order valence-electron chi connectivity index (χ2n) is 4.66. The highest BCUT2D eigenvalue weighted by molar-refractivity contribution is 5.87. The summed E-state index contributed by atoms with van der Waals surface area (Å²) in [6, 6.07) is 7.73. The zero-order valence-electron chi connectivity index (χ0n) is 10.2. The van der Waals surface area contributed by atoms with Gasteiger partial charge in [-0.05, 0) is 19.9 Å². The van der Waals surface area contributed by atoms with Crippen LogP contribution in [0.4, 0.5) is 0 Å². The summed E-state index contributed by atoms with van der Waals surface area (Å²) < 4.78 is 5.56. The molecule has 1 atom stereocenters. The molecule has 1 aliphatic heterocycles. The first-order chi connectivity index (χ1) is 8.06. The minimum atomic E-state index is -0.803. The SMILES string of the molecule is CC(C)NC1(C(N)=O)CCOc2ccccc21. The molecule has 3 N–H and O–H groups in total. The van der Waals surface area contributed by atoms with Crippen molar-refractivity contribution in [2.45, 2.75) is 31.8 Å². The molecule has 2 rings (SSSR count). The van der Waals surface area contributed by atoms with Crippen molar-refractivity contribution in [3.63, 3.8) is 0 Å². The molecule has 1 unspecified atom stereocenters. The van der Waals surface area contributed by atoms with Crippen molar-refractivity contribution in [3.8, 4) is 5.75 Å². The van der Waals surface area contributed by atoms with Gasteiger partial charge in [0.15, 0.2) is 0 Å². The number of benzene rings is 1. The fourth-order valence-corrected chi connectivity index (χ4v) is 2.36. The molecular formula is C13H18N2O2. The Morgan fingerprint density at radius 2 is 2.18 bits per heavy atom. The van der Waals surface area contributed by atoms with Crippen LogP contribution < -0.4 is 15.8 Å². The number of amides is 1. The number of rotatable bonds is 3. The molecule has 4 heteroatoms. The van der Waals surface area contributed by atoms with Crippen LogP contribution in [0.3, 0.4) is 0 Å². The fraction of sp³-hybridized carbons (Fsp3) is 0.462. The molecule has 92 valence electrons. The van der Waals surface area contributed by atoms with E-state index in [4.69, 9.17) is 10.5 Å². The summed E-state index contributed by atoms with van der Waals surface area (Å²) in [5.41, 5.74) is 5.65. The minimum absolute atomic E-state index is 0.175. The Morgan fingerprint density at radius 3 is 2.82 bits per heavy atom. The number of fused-ring (bicyclic) bond motifs is 1. The zero-order chi connectivity index (χ0) is 12.5. The summed E-state index contributed by atoms with van der Waals surface area (Å²) in [5.74, 6) is 0.396. The highest BCUT2D eigenvalue weighted by Crippen LogP contribution is 2.36. The van der Waals surface area contributed by atoms with Gasteiger partial charge in [0, 0.05) is 18.0 Å². The van der Waals surface area contributed by atoms with Crippen molar-refractivity contribution < 1.29 is 9.53 Å². The topological polar surface area (TPSA) is 64.3 Å². The van der Waals surface area contributed by atoms with E-state index < -0.39 is 5.54 Å². The van der Waals surface area contributed by atoms with Gasteiger partial charge >= 0.3 is 0 Å². The highest BCUT2D eigenvalue weighted by Gasteiger charge is 2.43. The van der Waals surface area contributed by atoms with Crippen LogP contribution in [0.15, 0.2) is 24.3 Å². The van der Waals surface area contributed by atoms with Crippen LogP contribution in [-0.2, 0) is 10.3 Å². The Bertz CT molecular complexity index is 431. The van der Waals surface area contributed by atoms with Crippen LogP contribution in [-0.4, -0.2) is 18.6 Å². The second kappa shape index (κ2) is 4.37. The summed E-state index contributed by atoms with van der Waals surface area (Å²) in [7, 11) is 0. The average Bonchev–Trinajstić information content (AvgIpc) is 2.28. The average molecular weight is 234 g/mol. The van der Waals surface area contributed by atoms with Crippen LogP contribution in [0.1, 0.15) is 25.8 Å². The molecule has 0 spiro atoms. The van der Waals surface area contributed by atoms with Crippen molar-refractivity contribution in [1.29, 1.82) is 0 Å². The molecule has 0 aliphatic carbocycles. The number of nitrogens with two attached hydrogens (primary N) is 1. The van der Waals surface area contributed by atoms with Crippen LogP contribution >= 0.6 is 0 Å². The van der Waals surface area contributed by atoms with E-state index in [2.05, 4.69) is 5.32 Å². The third-order valence-electron chi connectivity index (χ3n) is 3.04. The Morgan fingerprint density at radius 1 is 1.47 bits per heavy atom. The fourth-order valence-electron chi connectivity index (χ4n) is 2.36. The van der Waals surface area contributed by atoms with Crippen LogP contribution in [0.5, 0.6) is 5.75 Å². The lowest BCUT2D eigenvalue weighted by Crippen LogP contribution is -2.57. The predicted molar refractivity (Wildman–Crippen MR) is 65.7 cm³/mol. The van der Waals surface area contributed by atoms with Crippen molar-refractivity contribution in [1.82, 2.24) is 5.32 Å². The number of hydrogen-bond acceptors (Lipinski definition) is 3. The van der Waals surface area contributed by atoms with Crippen LogP contribution in [0.25, 0.3) is 0 Å². The van der Waals surface area contributed by atoms with Gasteiger partial charge < -0.3 is 10.5 Å². The summed E-state index contributed by atoms with van der Waals surface area (Å²) in [6.45, 7) is 4.51. The maximum atomic E-state index is 11.9. The first kappa shape index (κ1) is 11.9. The molecule has 0 saturated heterocycles. The lowest BCUT2D eigenvalue weighted by Gasteiger charge is -2.38. The molecule has 1 aromatic carbocycles. The number of carbonyl (C=O) groups is 1. The van der Waals surface area contributed by atoms with Crippen LogP contribution in [0.2, 0.25) is 0 Å². The van der Waals surface area contributed by atoms with Crippen molar-refractivity contribution >= 4 is 5.91 Å². The highest BCUT2D eigenvalue weighted by atomic mass is 16.5. The lowest BCUT2D eigenvalue weighted by atomic mass is 9.83. The lowest BCUT2D eigenvalue weighted by molar-refractivity contribution is -0.126. The molecule has 0 saturated carbocycles. The van der Waals surface area contributed by atoms with E-state index >= 15 is 0 Å². The maximum Gasteiger partial charge on any atom is 0.242 e. The van der Waals surface area contributed by atoms with Gasteiger partial charge in [-0.2, -0.15) is 0 Å². The Labute approximate surface area is 101 Å². The quantitative estimate of drug-likeness (QED) is 0.824. The zero-order valence-corrected chi connectivity index (χ0v) is 10.2. The summed E-state index contributed by atoms with van der Waals surface area (Å²) in [4.78, 5) is 11.9. The largest absolute Gasteiger partial charge is 0.493 e. The Hall–Kier alpha value is -1.55. The predicted octanol–water partition coefficient (Wildman–Crippen LogP) is 1.15. The van der Waals surface area contributed by atoms with E-state index in [1.165, 1.54) is 0 Å². The second-order valence-corrected chi connectivity index (χ2v) is 4.66. The molecule has 1 amide bonds. The van der Waals surface area contributed by atoms with E-state index in [0.29, 0.717) is 13.0 Å². The summed E-state index contributed by atoms with van der Waals surface area (Å²) in [6.07, 6.45) is 0.567. The van der Waals surface area contributed by atoms with Gasteiger partial charge in [-0.3, -0.25) is 10.1 Å². The molecule has 1 heterocycles. The number of carbonyl (C=O) groups excluding carboxylic acids is 1. The molecule has 0 bridgehead atoms. The van der Waals surface area contributed by atoms with E-state index in [1.54, 1.807) is 0 Å². The third-order valence-corrected chi connectivity index (χ3v) is 3.04. The molecular weight excluding hydrogens is 216 g/mol. The molecule has 4 nitrogen and oxygen atoms in total. The minimum Gasteiger partial charge on any atom is -0.493 e. The molecule has 1 aromatic rings. The normalized spacial score (nSPS) is 23.0. The first-order valence-electron chi connectivity index (χ1n) is 5.86. The molecule has 0 fully saturated rings. The molecule has 17 heavy (non-hydrogen) atoms. The summed E-state index contributed by atoms with van der Waals surface area (Å²) in [5, 5.41) is 3.30. The Balaban J connectivity index is 2.51. The monoisotopic (exact) mass is 234 g/mol. The third kappa shape index (κ3) is 2.00. The number of para-hydroxylation sites is 1. The molecule has 0 aromatic heterocycles. The number of hydrogen-bond donors (Lipinski definition) is 2. The van der Waals surface area contributed by atoms with Crippen LogP contribution in [0, 0.1) is 0 Å². The van der Waals surface area contributed by atoms with E-state index in [-0.39, 0.29) is 11.9 Å². The first-order valence-corrected chi connectivity index (χ1v) is 5.86. The standard InChI is InChI=1S/C13H18N2O2/c1-9(2)15-13(12(14)16)7-8-17-11-6-4-3-5-10(11)13/h3-6,9,15H,7-8H2,1-2H3,(H2,14,16). The Kier molecular flexibility index (Phi) is 3.07. The van der Waals surface area contributed by atoms with Gasteiger partial charge in [0.2, 0.25) is 5.91 Å². The van der Waals surface area contributed by atoms with Gasteiger partial charge in [0.05, 0.1) is 6.61 Å². The number of primary amides is 1. The van der Waals surface area contributed by atoms with Crippen molar-refractivity contribution in [2.24, 2.45) is 5.73 Å². The maximum absolute atomic E-state index is 11.9. The van der Waals surface area contributed by atoms with Gasteiger partial charge in [-0.1, -0.05) is 18.2 Å². The number of nitrogens with one attached hydrogen (secondary N) is 1. The van der Waals surface area contributed by atoms with Gasteiger partial charge in [0.1, 0.15) is 11.3 Å². The summed E-state index contributed by atoms with van der Waals surface area (Å²) >= 11 is 0. The van der Waals surface area contributed by atoms with E-state index in [1.807, 2.05) is 38.1 Å². The van der Waals surface area contributed by atoms with Crippen molar-refractivity contribution in [3.05, 3.63) is 29.8 Å². The van der Waals surface area contributed by atoms with Crippen molar-refractivity contribution in [2.75, 3.05) is 6.61 Å². The van der Waals surface area contributed by atoms with Gasteiger partial charge in [-0.25, -0.2) is 0 Å². The molecule has 1 aliphatic rings. The van der Waals surface area contributed by atoms with E-state index in [9.17, 15) is 4.79 Å². The van der Waals surface area contributed by atoms with Gasteiger partial charge in [0.25, 0.3) is 0 Å². The number of ether oxygens (including phenoxy) is 1. The van der Waals surface area contributed by atoms with E-state index in [0.717, 1.165) is 11.3 Å². The molecule has 0 radical (unpaired) electrons.